The van der Waals surface area contributed by atoms with Crippen LogP contribution in [0.25, 0.3) is 5.57 Å². The van der Waals surface area contributed by atoms with E-state index < -0.39 is 0 Å². The monoisotopic (exact) mass is 465 g/mol. The van der Waals surface area contributed by atoms with Gasteiger partial charge in [-0.05, 0) is 79.6 Å². The third-order valence-corrected chi connectivity index (χ3v) is 7.03. The molecule has 0 aromatic heterocycles. The van der Waals surface area contributed by atoms with E-state index in [1.165, 1.54) is 28.3 Å². The first-order chi connectivity index (χ1) is 16.6. The van der Waals surface area contributed by atoms with Crippen molar-refractivity contribution in [3.63, 3.8) is 0 Å². The summed E-state index contributed by atoms with van der Waals surface area (Å²) >= 11 is 0. The number of nitrogens with zero attached hydrogens (tertiary/aromatic N) is 2. The van der Waals surface area contributed by atoms with Crippen molar-refractivity contribution in [3.8, 4) is 11.8 Å². The predicted octanol–water partition coefficient (Wildman–Crippen LogP) is 5.52. The van der Waals surface area contributed by atoms with Gasteiger partial charge in [-0.25, -0.2) is 4.39 Å². The maximum absolute atomic E-state index is 15.5. The van der Waals surface area contributed by atoms with Crippen LogP contribution in [0.4, 0.5) is 8.78 Å². The molecule has 34 heavy (non-hydrogen) atoms. The first-order valence-corrected chi connectivity index (χ1v) is 12.2. The lowest BCUT2D eigenvalue weighted by atomic mass is 9.83. The van der Waals surface area contributed by atoms with Gasteiger partial charge in [-0.2, -0.15) is 5.26 Å². The van der Waals surface area contributed by atoms with E-state index in [1.54, 1.807) is 6.07 Å². The van der Waals surface area contributed by atoms with E-state index in [0.717, 1.165) is 18.4 Å². The lowest BCUT2D eigenvalue weighted by Gasteiger charge is -2.42. The fraction of sp³-hybridized carbons (Fsp3) is 0.464. The van der Waals surface area contributed by atoms with Crippen LogP contribution in [0, 0.1) is 24.1 Å². The van der Waals surface area contributed by atoms with E-state index in [0.29, 0.717) is 50.4 Å². The molecule has 0 spiro atoms. The van der Waals surface area contributed by atoms with E-state index in [2.05, 4.69) is 47.5 Å². The van der Waals surface area contributed by atoms with Gasteiger partial charge in [0.15, 0.2) is 0 Å². The number of ether oxygens (including phenoxy) is 1. The molecule has 0 radical (unpaired) electrons. The fourth-order valence-electron chi connectivity index (χ4n) is 5.41. The number of alkyl halides is 1. The normalized spacial score (nSPS) is 19.6. The van der Waals surface area contributed by atoms with E-state index in [1.807, 2.05) is 6.92 Å². The first-order valence-electron chi connectivity index (χ1n) is 12.2. The van der Waals surface area contributed by atoms with Crippen molar-refractivity contribution < 1.29 is 13.5 Å². The van der Waals surface area contributed by atoms with Crippen LogP contribution in [0.1, 0.15) is 54.5 Å². The summed E-state index contributed by atoms with van der Waals surface area (Å²) in [6.45, 7) is 6.00. The van der Waals surface area contributed by atoms with E-state index in [9.17, 15) is 9.65 Å². The number of nitriles is 1. The van der Waals surface area contributed by atoms with Crippen molar-refractivity contribution >= 4 is 5.57 Å². The Hall–Kier alpha value is -2.75. The van der Waals surface area contributed by atoms with Crippen molar-refractivity contribution in [2.24, 2.45) is 0 Å². The molecule has 0 amide bonds. The zero-order valence-electron chi connectivity index (χ0n) is 20.0. The van der Waals surface area contributed by atoms with Crippen LogP contribution in [0.3, 0.4) is 0 Å². The van der Waals surface area contributed by atoms with Crippen LogP contribution in [-0.4, -0.2) is 43.9 Å². The number of fused-ring (bicyclic) bond motifs is 2. The lowest BCUT2D eigenvalue weighted by Crippen LogP contribution is -2.42. The van der Waals surface area contributed by atoms with Gasteiger partial charge < -0.3 is 10.1 Å². The summed E-state index contributed by atoms with van der Waals surface area (Å²) in [7, 11) is 0. The second-order valence-corrected chi connectivity index (χ2v) is 9.16. The minimum Gasteiger partial charge on any atom is -0.492 e. The van der Waals surface area contributed by atoms with Gasteiger partial charge in [0.1, 0.15) is 18.2 Å². The molecule has 0 bridgehead atoms. The molecule has 2 aromatic carbocycles. The number of nitrogens with one attached hydrogen (secondary N) is 1. The van der Waals surface area contributed by atoms with Crippen molar-refractivity contribution in [2.45, 2.75) is 51.6 Å². The third kappa shape index (κ3) is 4.87. The average Bonchev–Trinajstić information content (AvgIpc) is 3.20. The van der Waals surface area contributed by atoms with Crippen molar-refractivity contribution in [1.29, 1.82) is 5.26 Å². The average molecular weight is 466 g/mol. The highest BCUT2D eigenvalue weighted by Crippen LogP contribution is 2.50. The van der Waals surface area contributed by atoms with Gasteiger partial charge in [0.2, 0.25) is 0 Å². The number of hydrogen-bond acceptors (Lipinski definition) is 4. The second kappa shape index (κ2) is 11.1. The van der Waals surface area contributed by atoms with E-state index >= 15 is 4.39 Å². The molecule has 2 aliphatic rings. The Labute approximate surface area is 201 Å². The summed E-state index contributed by atoms with van der Waals surface area (Å²) < 4.78 is 33.8. The summed E-state index contributed by atoms with van der Waals surface area (Å²) in [5.74, 6) is 0.426. The fourth-order valence-corrected chi connectivity index (χ4v) is 5.41. The molecular weight excluding hydrogens is 432 g/mol. The van der Waals surface area contributed by atoms with Gasteiger partial charge >= 0.3 is 0 Å². The summed E-state index contributed by atoms with van der Waals surface area (Å²) in [5.41, 5.74) is 6.57. The van der Waals surface area contributed by atoms with Gasteiger partial charge in [0, 0.05) is 31.1 Å². The van der Waals surface area contributed by atoms with Gasteiger partial charge in [-0.3, -0.25) is 9.29 Å². The van der Waals surface area contributed by atoms with Crippen molar-refractivity contribution in [3.05, 3.63) is 70.0 Å². The molecule has 1 aliphatic heterocycles. The maximum Gasteiger partial charge on any atom is 0.128 e. The highest BCUT2D eigenvalue weighted by atomic mass is 19.1. The Morgan fingerprint density at radius 2 is 2.03 bits per heavy atom. The molecule has 1 N–H and O–H groups in total. The minimum absolute atomic E-state index is 0.186. The summed E-state index contributed by atoms with van der Waals surface area (Å²) in [5, 5.41) is 12.4. The minimum atomic E-state index is -0.335. The van der Waals surface area contributed by atoms with Crippen LogP contribution in [-0.2, 0) is 6.42 Å². The van der Waals surface area contributed by atoms with Gasteiger partial charge in [-0.15, -0.1) is 0 Å². The molecule has 0 fully saturated rings. The zero-order chi connectivity index (χ0) is 24.1. The van der Waals surface area contributed by atoms with Crippen LogP contribution in [0.2, 0.25) is 0 Å². The van der Waals surface area contributed by atoms with Crippen LogP contribution >= 0.6 is 0 Å². The summed E-state index contributed by atoms with van der Waals surface area (Å²) in [6.07, 6.45) is 2.58. The molecule has 0 saturated heterocycles. The van der Waals surface area contributed by atoms with Gasteiger partial charge in [0.25, 0.3) is 0 Å². The van der Waals surface area contributed by atoms with E-state index in [4.69, 9.17) is 4.74 Å². The summed E-state index contributed by atoms with van der Waals surface area (Å²) in [6, 6.07) is 13.9. The topological polar surface area (TPSA) is 48.3 Å². The molecule has 2 aromatic rings. The highest BCUT2D eigenvalue weighted by molar-refractivity contribution is 5.79. The highest BCUT2D eigenvalue weighted by Gasteiger charge is 2.40. The molecule has 1 heterocycles. The molecule has 2 atom stereocenters. The molecule has 0 saturated carbocycles. The predicted molar refractivity (Wildman–Crippen MR) is 131 cm³/mol. The molecule has 180 valence electrons. The molecule has 0 unspecified atom stereocenters. The van der Waals surface area contributed by atoms with Crippen molar-refractivity contribution in [2.75, 3.05) is 32.9 Å². The van der Waals surface area contributed by atoms with Crippen LogP contribution < -0.4 is 10.1 Å². The molecule has 6 heteroatoms. The van der Waals surface area contributed by atoms with Crippen molar-refractivity contribution in [1.82, 2.24) is 10.2 Å². The molecule has 1 aliphatic carbocycles. The van der Waals surface area contributed by atoms with Gasteiger partial charge in [-0.1, -0.05) is 24.3 Å². The maximum atomic E-state index is 15.5. The SMILES string of the molecule is Cc1c(OCCNCCCF)ccc(F)c1[C@@H]1C2=C(C[C@@H](C)N1CCC#N)c1ccccc1C2. The Morgan fingerprint density at radius 3 is 2.82 bits per heavy atom. The Bertz CT molecular complexity index is 1090. The molecule has 4 rings (SSSR count). The second-order valence-electron chi connectivity index (χ2n) is 9.16. The Morgan fingerprint density at radius 1 is 1.21 bits per heavy atom. The van der Waals surface area contributed by atoms with Crippen LogP contribution in [0.15, 0.2) is 42.0 Å². The molecule has 4 nitrogen and oxygen atoms in total. The number of rotatable bonds is 10. The van der Waals surface area contributed by atoms with Gasteiger partial charge in [0.05, 0.1) is 18.8 Å². The standard InChI is InChI=1S/C28H33F2N3O/c1-19-17-23-22-8-4-3-7-21(22)18-24(23)28(33(19)15-6-12-31)27-20(2)26(10-9-25(27)30)34-16-14-32-13-5-11-29/h3-4,7-10,19,28,32H,5-6,11,13-18H2,1-2H3/t19-,28+/m1/s1. The van der Waals surface area contributed by atoms with Crippen LogP contribution in [0.5, 0.6) is 5.75 Å². The Kier molecular flexibility index (Phi) is 7.97. The largest absolute Gasteiger partial charge is 0.492 e. The molecular formula is C28H33F2N3O. The Balaban J connectivity index is 1.68. The third-order valence-electron chi connectivity index (χ3n) is 7.03. The number of halogens is 2. The number of hydrogen-bond donors (Lipinski definition) is 1. The lowest BCUT2D eigenvalue weighted by molar-refractivity contribution is 0.155. The first kappa shape index (κ1) is 24.4. The summed E-state index contributed by atoms with van der Waals surface area (Å²) in [4.78, 5) is 2.29. The zero-order valence-corrected chi connectivity index (χ0v) is 20.0. The quantitative estimate of drug-likeness (QED) is 0.470. The smallest absolute Gasteiger partial charge is 0.128 e. The number of benzene rings is 2. The van der Waals surface area contributed by atoms with E-state index in [-0.39, 0.29) is 24.6 Å².